The highest BCUT2D eigenvalue weighted by atomic mass is 16.1. The van der Waals surface area contributed by atoms with E-state index >= 15 is 0 Å². The highest BCUT2D eigenvalue weighted by Crippen LogP contribution is 2.51. The standard InChI is InChI=1S/C19H20NO/c1-15-19(2,3)17-11-7-8-12-18(17)20(15,14-21)13-16-9-5-4-6-10-16/h4-12,14H,1,13H2,2-3H3/q+1. The summed E-state index contributed by atoms with van der Waals surface area (Å²) in [6, 6.07) is 18.3. The molecule has 2 aromatic carbocycles. The molecular weight excluding hydrogens is 258 g/mol. The minimum atomic E-state index is -0.202. The zero-order valence-electron chi connectivity index (χ0n) is 12.5. The first-order valence-corrected chi connectivity index (χ1v) is 7.20. The Morgan fingerprint density at radius 2 is 1.67 bits per heavy atom. The van der Waals surface area contributed by atoms with Crippen LogP contribution < -0.4 is 4.48 Å². The zero-order valence-corrected chi connectivity index (χ0v) is 12.5. The van der Waals surface area contributed by atoms with E-state index in [1.165, 1.54) is 5.56 Å². The topological polar surface area (TPSA) is 17.1 Å². The van der Waals surface area contributed by atoms with E-state index in [0.29, 0.717) is 6.54 Å². The fourth-order valence-electron chi connectivity index (χ4n) is 3.36. The van der Waals surface area contributed by atoms with E-state index in [1.807, 2.05) is 36.4 Å². The Morgan fingerprint density at radius 1 is 1.05 bits per heavy atom. The molecule has 1 atom stereocenters. The van der Waals surface area contributed by atoms with Gasteiger partial charge in [-0.15, -0.1) is 0 Å². The number of rotatable bonds is 3. The molecule has 1 aliphatic rings. The number of hydrogen-bond acceptors (Lipinski definition) is 1. The summed E-state index contributed by atoms with van der Waals surface area (Å²) in [5.41, 5.74) is 4.11. The molecule has 1 heterocycles. The van der Waals surface area contributed by atoms with E-state index in [-0.39, 0.29) is 9.90 Å². The van der Waals surface area contributed by atoms with Gasteiger partial charge in [0.15, 0.2) is 0 Å². The molecule has 2 aromatic rings. The van der Waals surface area contributed by atoms with Crippen molar-refractivity contribution in [3.05, 3.63) is 78.0 Å². The number of allylic oxidation sites excluding steroid dienone is 1. The van der Waals surface area contributed by atoms with Gasteiger partial charge in [-0.1, -0.05) is 48.5 Å². The van der Waals surface area contributed by atoms with E-state index in [0.717, 1.165) is 23.4 Å². The lowest BCUT2D eigenvalue weighted by Crippen LogP contribution is -2.45. The van der Waals surface area contributed by atoms with Gasteiger partial charge in [-0.2, -0.15) is 4.48 Å². The van der Waals surface area contributed by atoms with Crippen LogP contribution in [-0.2, 0) is 16.8 Å². The minimum Gasteiger partial charge on any atom is -0.233 e. The Kier molecular flexibility index (Phi) is 3.07. The number of carbonyl (C=O) groups is 1. The fraction of sp³-hybridized carbons (Fsp3) is 0.211. The summed E-state index contributed by atoms with van der Waals surface area (Å²) < 4.78 is 0.188. The normalized spacial score (nSPS) is 22.9. The van der Waals surface area contributed by atoms with Crippen molar-refractivity contribution >= 4 is 12.1 Å². The molecule has 0 spiro atoms. The van der Waals surface area contributed by atoms with Crippen molar-refractivity contribution in [3.8, 4) is 0 Å². The van der Waals surface area contributed by atoms with Gasteiger partial charge in [0, 0.05) is 17.2 Å². The summed E-state index contributed by atoms with van der Waals surface area (Å²) in [5.74, 6) is 0. The fourth-order valence-corrected chi connectivity index (χ4v) is 3.36. The SMILES string of the molecule is C=C1C(C)(C)c2ccccc2[N+]1(C=O)Cc1ccccc1. The predicted octanol–water partition coefficient (Wildman–Crippen LogP) is 4.16. The van der Waals surface area contributed by atoms with Crippen LogP contribution in [0.1, 0.15) is 25.0 Å². The first-order valence-electron chi connectivity index (χ1n) is 7.20. The molecular formula is C19H20NO+. The first kappa shape index (κ1) is 13.8. The zero-order chi connectivity index (χ0) is 15.1. The molecule has 0 fully saturated rings. The molecule has 0 N–H and O–H groups in total. The average molecular weight is 278 g/mol. The molecule has 0 saturated carbocycles. The molecule has 0 saturated heterocycles. The Bertz CT molecular complexity index is 703. The molecule has 1 unspecified atom stereocenters. The Labute approximate surface area is 125 Å². The third-order valence-electron chi connectivity index (χ3n) is 4.67. The second kappa shape index (κ2) is 4.68. The quantitative estimate of drug-likeness (QED) is 0.609. The summed E-state index contributed by atoms with van der Waals surface area (Å²) in [5, 5.41) is 0. The van der Waals surface area contributed by atoms with Crippen LogP contribution in [0.2, 0.25) is 0 Å². The number of nitrogens with zero attached hydrogens (tertiary/aromatic N) is 1. The van der Waals surface area contributed by atoms with Gasteiger partial charge in [0.25, 0.3) is 0 Å². The Morgan fingerprint density at radius 3 is 2.33 bits per heavy atom. The van der Waals surface area contributed by atoms with Crippen LogP contribution in [0.3, 0.4) is 0 Å². The number of fused-ring (bicyclic) bond motifs is 1. The van der Waals surface area contributed by atoms with E-state index < -0.39 is 0 Å². The summed E-state index contributed by atoms with van der Waals surface area (Å²) in [6.07, 6.45) is 1.03. The Balaban J connectivity index is 2.18. The predicted molar refractivity (Wildman–Crippen MR) is 86.6 cm³/mol. The molecule has 2 heteroatoms. The maximum absolute atomic E-state index is 12.1. The van der Waals surface area contributed by atoms with Crippen molar-refractivity contribution < 1.29 is 4.79 Å². The summed E-state index contributed by atoms with van der Waals surface area (Å²) in [4.78, 5) is 12.1. The van der Waals surface area contributed by atoms with Crippen LogP contribution in [0, 0.1) is 0 Å². The molecule has 2 nitrogen and oxygen atoms in total. The first-order chi connectivity index (χ1) is 10.0. The molecule has 0 radical (unpaired) electrons. The van der Waals surface area contributed by atoms with E-state index in [2.05, 4.69) is 38.6 Å². The van der Waals surface area contributed by atoms with Gasteiger partial charge >= 0.3 is 6.41 Å². The maximum Gasteiger partial charge on any atom is 0.311 e. The smallest absolute Gasteiger partial charge is 0.233 e. The molecule has 1 aliphatic heterocycles. The van der Waals surface area contributed by atoms with Gasteiger partial charge in [0.05, 0.1) is 5.41 Å². The molecule has 0 aliphatic carbocycles. The minimum absolute atomic E-state index is 0.188. The van der Waals surface area contributed by atoms with Crippen molar-refractivity contribution in [1.82, 2.24) is 4.48 Å². The molecule has 1 amide bonds. The second-order valence-corrected chi connectivity index (χ2v) is 6.21. The summed E-state index contributed by atoms with van der Waals surface area (Å²) in [6.45, 7) is 9.18. The lowest BCUT2D eigenvalue weighted by Gasteiger charge is -2.30. The maximum atomic E-state index is 12.1. The number of hydrogen-bond donors (Lipinski definition) is 0. The van der Waals surface area contributed by atoms with Crippen molar-refractivity contribution in [3.63, 3.8) is 0 Å². The number of amides is 1. The van der Waals surface area contributed by atoms with E-state index in [4.69, 9.17) is 0 Å². The largest absolute Gasteiger partial charge is 0.311 e. The van der Waals surface area contributed by atoms with Crippen LogP contribution >= 0.6 is 0 Å². The van der Waals surface area contributed by atoms with Gasteiger partial charge in [-0.25, -0.2) is 4.79 Å². The summed E-state index contributed by atoms with van der Waals surface area (Å²) >= 11 is 0. The van der Waals surface area contributed by atoms with Gasteiger partial charge in [0.1, 0.15) is 17.9 Å². The molecule has 106 valence electrons. The Hall–Kier alpha value is -2.19. The summed E-state index contributed by atoms with van der Waals surface area (Å²) in [7, 11) is 0. The van der Waals surface area contributed by atoms with Crippen molar-refractivity contribution in [2.75, 3.05) is 0 Å². The molecule has 3 rings (SSSR count). The molecule has 21 heavy (non-hydrogen) atoms. The monoisotopic (exact) mass is 278 g/mol. The van der Waals surface area contributed by atoms with Crippen molar-refractivity contribution in [2.45, 2.75) is 25.8 Å². The molecule has 0 aromatic heterocycles. The lowest BCUT2D eigenvalue weighted by molar-refractivity contribution is -0.116. The average Bonchev–Trinajstić information content (AvgIpc) is 2.68. The van der Waals surface area contributed by atoms with Crippen LogP contribution in [0.25, 0.3) is 0 Å². The van der Waals surface area contributed by atoms with Crippen molar-refractivity contribution in [1.29, 1.82) is 0 Å². The third-order valence-corrected chi connectivity index (χ3v) is 4.67. The highest BCUT2D eigenvalue weighted by Gasteiger charge is 2.53. The van der Waals surface area contributed by atoms with Crippen LogP contribution in [-0.4, -0.2) is 6.41 Å². The number of quaternary nitrogens is 1. The third kappa shape index (κ3) is 1.87. The van der Waals surface area contributed by atoms with Gasteiger partial charge in [-0.05, 0) is 20.4 Å². The molecule has 0 bridgehead atoms. The number of benzene rings is 2. The number of carbonyl (C=O) groups excluding carboxylic acids is 1. The van der Waals surface area contributed by atoms with E-state index in [9.17, 15) is 4.79 Å². The van der Waals surface area contributed by atoms with Crippen LogP contribution in [0.5, 0.6) is 0 Å². The van der Waals surface area contributed by atoms with Crippen LogP contribution in [0.4, 0.5) is 5.69 Å². The van der Waals surface area contributed by atoms with Gasteiger partial charge in [-0.3, -0.25) is 0 Å². The van der Waals surface area contributed by atoms with E-state index in [1.54, 1.807) is 0 Å². The second-order valence-electron chi connectivity index (χ2n) is 6.21. The number of para-hydroxylation sites is 1. The van der Waals surface area contributed by atoms with Gasteiger partial charge in [0.2, 0.25) is 0 Å². The van der Waals surface area contributed by atoms with Crippen molar-refractivity contribution in [2.24, 2.45) is 0 Å². The van der Waals surface area contributed by atoms with Gasteiger partial charge < -0.3 is 0 Å². The lowest BCUT2D eigenvalue weighted by atomic mass is 9.84. The highest BCUT2D eigenvalue weighted by molar-refractivity contribution is 5.82. The van der Waals surface area contributed by atoms with Crippen LogP contribution in [0.15, 0.2) is 66.9 Å².